The van der Waals surface area contributed by atoms with Crippen LogP contribution < -0.4 is 5.32 Å². The van der Waals surface area contributed by atoms with E-state index in [9.17, 15) is 0 Å². The van der Waals surface area contributed by atoms with Gasteiger partial charge >= 0.3 is 0 Å². The van der Waals surface area contributed by atoms with Gasteiger partial charge in [0.15, 0.2) is 5.96 Å². The van der Waals surface area contributed by atoms with Crippen LogP contribution >= 0.6 is 35.3 Å². The van der Waals surface area contributed by atoms with Crippen molar-refractivity contribution in [1.29, 1.82) is 0 Å². The topological polar surface area (TPSA) is 34.1 Å². The largest absolute Gasteiger partial charge is 0.357 e. The summed E-state index contributed by atoms with van der Waals surface area (Å²) in [7, 11) is 2.12. The van der Waals surface area contributed by atoms with Crippen molar-refractivity contribution in [3.8, 4) is 0 Å². The van der Waals surface area contributed by atoms with Gasteiger partial charge in [-0.3, -0.25) is 14.8 Å². The van der Waals surface area contributed by atoms with Crippen LogP contribution in [0.4, 0.5) is 0 Å². The molecule has 1 atom stereocenters. The highest BCUT2D eigenvalue weighted by Gasteiger charge is 2.31. The van der Waals surface area contributed by atoms with E-state index in [0.29, 0.717) is 6.04 Å². The van der Waals surface area contributed by atoms with E-state index in [-0.39, 0.29) is 24.0 Å². The fourth-order valence-corrected chi connectivity index (χ4v) is 3.95. The number of aliphatic imine (C=N–C) groups is 1. The van der Waals surface area contributed by atoms with Gasteiger partial charge in [-0.1, -0.05) is 0 Å². The Kier molecular flexibility index (Phi) is 7.58. The van der Waals surface area contributed by atoms with E-state index in [2.05, 4.69) is 50.8 Å². The van der Waals surface area contributed by atoms with Crippen LogP contribution in [-0.2, 0) is 6.54 Å². The van der Waals surface area contributed by atoms with E-state index in [1.165, 1.54) is 38.3 Å². The molecule has 23 heavy (non-hydrogen) atoms. The fraction of sp³-hybridized carbons (Fsp3) is 0.688. The van der Waals surface area contributed by atoms with Gasteiger partial charge in [0, 0.05) is 58.9 Å². The van der Waals surface area contributed by atoms with Crippen molar-refractivity contribution >= 4 is 41.3 Å². The number of fused-ring (bicyclic) bond motifs is 3. The summed E-state index contributed by atoms with van der Waals surface area (Å²) in [5.74, 6) is 1.02. The van der Waals surface area contributed by atoms with E-state index in [0.717, 1.165) is 25.6 Å². The molecule has 1 N–H and O–H groups in total. The molecule has 0 radical (unpaired) electrons. The van der Waals surface area contributed by atoms with Crippen molar-refractivity contribution in [2.24, 2.45) is 4.99 Å². The summed E-state index contributed by atoms with van der Waals surface area (Å²) in [6, 6.07) is 2.77. The van der Waals surface area contributed by atoms with E-state index in [1.54, 1.807) is 11.3 Å². The second-order valence-electron chi connectivity index (χ2n) is 6.17. The molecule has 2 bridgehead atoms. The molecule has 0 amide bonds. The fourth-order valence-electron chi connectivity index (χ4n) is 3.29. The third kappa shape index (κ3) is 5.04. The number of hydrogen-bond donors (Lipinski definition) is 1. The predicted octanol–water partition coefficient (Wildman–Crippen LogP) is 1.76. The van der Waals surface area contributed by atoms with Crippen molar-refractivity contribution in [3.63, 3.8) is 0 Å². The predicted molar refractivity (Wildman–Crippen MR) is 109 cm³/mol. The number of piperazine rings is 3. The van der Waals surface area contributed by atoms with Gasteiger partial charge < -0.3 is 10.2 Å². The molecule has 4 rings (SSSR count). The Bertz CT molecular complexity index is 485. The first-order chi connectivity index (χ1) is 10.8. The Morgan fingerprint density at radius 1 is 1.39 bits per heavy atom. The molecular weight excluding hydrogens is 421 g/mol. The first-order valence-electron chi connectivity index (χ1n) is 8.23. The highest BCUT2D eigenvalue weighted by Crippen LogP contribution is 2.16. The van der Waals surface area contributed by atoms with Crippen LogP contribution in [0.15, 0.2) is 21.8 Å². The number of thiophene rings is 1. The number of halogens is 1. The standard InChI is InChI=1S/C16H27N5S.HI/c1-3-17-16(19(2)11-14-4-9-22-13-14)18-10-15-12-20-5-7-21(15)8-6-20;/h4,9,13,15H,3,5-8,10-12H2,1-2H3,(H,17,18);1H. The lowest BCUT2D eigenvalue weighted by atomic mass is 10.1. The van der Waals surface area contributed by atoms with Crippen molar-refractivity contribution in [2.45, 2.75) is 19.5 Å². The number of nitrogens with one attached hydrogen (secondary N) is 1. The molecule has 1 aromatic heterocycles. The summed E-state index contributed by atoms with van der Waals surface area (Å²) >= 11 is 1.75. The maximum Gasteiger partial charge on any atom is 0.194 e. The minimum atomic E-state index is 0. The van der Waals surface area contributed by atoms with Crippen LogP contribution in [0, 0.1) is 0 Å². The molecule has 3 saturated heterocycles. The summed E-state index contributed by atoms with van der Waals surface area (Å²) in [4.78, 5) is 12.3. The van der Waals surface area contributed by atoms with Crippen LogP contribution in [0.3, 0.4) is 0 Å². The van der Waals surface area contributed by atoms with Gasteiger partial charge in [0.25, 0.3) is 0 Å². The number of hydrogen-bond acceptors (Lipinski definition) is 4. The number of nitrogens with zero attached hydrogens (tertiary/aromatic N) is 4. The number of rotatable bonds is 5. The molecule has 0 aliphatic carbocycles. The van der Waals surface area contributed by atoms with Crippen molar-refractivity contribution < 1.29 is 0 Å². The Hall–Kier alpha value is -0.380. The second-order valence-corrected chi connectivity index (χ2v) is 6.95. The van der Waals surface area contributed by atoms with Gasteiger partial charge in [-0.15, -0.1) is 24.0 Å². The van der Waals surface area contributed by atoms with E-state index < -0.39 is 0 Å². The molecule has 0 saturated carbocycles. The number of guanidine groups is 1. The molecule has 3 aliphatic heterocycles. The van der Waals surface area contributed by atoms with Crippen molar-refractivity contribution in [3.05, 3.63) is 22.4 Å². The zero-order valence-corrected chi connectivity index (χ0v) is 17.2. The van der Waals surface area contributed by atoms with Crippen LogP contribution in [0.25, 0.3) is 0 Å². The van der Waals surface area contributed by atoms with E-state index >= 15 is 0 Å². The molecule has 4 heterocycles. The maximum atomic E-state index is 4.90. The summed E-state index contributed by atoms with van der Waals surface area (Å²) in [6.07, 6.45) is 0. The highest BCUT2D eigenvalue weighted by molar-refractivity contribution is 14.0. The molecule has 1 unspecified atom stereocenters. The van der Waals surface area contributed by atoms with Crippen LogP contribution in [0.5, 0.6) is 0 Å². The molecule has 3 aliphatic rings. The molecular formula is C16H28IN5S. The molecule has 5 nitrogen and oxygen atoms in total. The zero-order chi connectivity index (χ0) is 15.4. The molecule has 7 heteroatoms. The van der Waals surface area contributed by atoms with Crippen LogP contribution in [0.2, 0.25) is 0 Å². The van der Waals surface area contributed by atoms with E-state index in [1.807, 2.05) is 0 Å². The SMILES string of the molecule is CCNC(=NCC1CN2CCN1CC2)N(C)Cc1ccsc1.I. The average molecular weight is 449 g/mol. The molecule has 3 fully saturated rings. The quantitative estimate of drug-likeness (QED) is 0.422. The summed E-state index contributed by atoms with van der Waals surface area (Å²) in [5.41, 5.74) is 1.35. The Balaban J connectivity index is 0.00000192. The Morgan fingerprint density at radius 3 is 2.74 bits per heavy atom. The molecule has 1 aromatic rings. The van der Waals surface area contributed by atoms with Gasteiger partial charge in [-0.25, -0.2) is 0 Å². The van der Waals surface area contributed by atoms with Gasteiger partial charge in [-0.2, -0.15) is 11.3 Å². The summed E-state index contributed by atoms with van der Waals surface area (Å²) in [5, 5.41) is 7.77. The third-order valence-corrected chi connectivity index (χ3v) is 5.27. The lowest BCUT2D eigenvalue weighted by Crippen LogP contribution is -2.62. The molecule has 0 aromatic carbocycles. The highest BCUT2D eigenvalue weighted by atomic mass is 127. The zero-order valence-electron chi connectivity index (χ0n) is 14.1. The summed E-state index contributed by atoms with van der Waals surface area (Å²) < 4.78 is 0. The summed E-state index contributed by atoms with van der Waals surface area (Å²) in [6.45, 7) is 10.9. The Morgan fingerprint density at radius 2 is 2.17 bits per heavy atom. The van der Waals surface area contributed by atoms with Crippen molar-refractivity contribution in [2.75, 3.05) is 52.9 Å². The first kappa shape index (κ1) is 19.0. The molecule has 130 valence electrons. The van der Waals surface area contributed by atoms with E-state index in [4.69, 9.17) is 4.99 Å². The van der Waals surface area contributed by atoms with Crippen LogP contribution in [-0.4, -0.2) is 79.6 Å². The monoisotopic (exact) mass is 449 g/mol. The average Bonchev–Trinajstić information content (AvgIpc) is 3.05. The molecule has 0 spiro atoms. The third-order valence-electron chi connectivity index (χ3n) is 4.54. The van der Waals surface area contributed by atoms with Gasteiger partial charge in [0.2, 0.25) is 0 Å². The lowest BCUT2D eigenvalue weighted by Gasteiger charge is -2.47. The first-order valence-corrected chi connectivity index (χ1v) is 9.17. The second kappa shape index (κ2) is 9.19. The van der Waals surface area contributed by atoms with Gasteiger partial charge in [-0.05, 0) is 29.3 Å². The minimum absolute atomic E-state index is 0. The lowest BCUT2D eigenvalue weighted by molar-refractivity contribution is 0.0173. The van der Waals surface area contributed by atoms with Gasteiger partial charge in [0.05, 0.1) is 6.54 Å². The van der Waals surface area contributed by atoms with Gasteiger partial charge in [0.1, 0.15) is 0 Å². The minimum Gasteiger partial charge on any atom is -0.357 e. The van der Waals surface area contributed by atoms with Crippen molar-refractivity contribution in [1.82, 2.24) is 20.0 Å². The maximum absolute atomic E-state index is 4.90. The Labute approximate surface area is 160 Å². The van der Waals surface area contributed by atoms with Crippen LogP contribution in [0.1, 0.15) is 12.5 Å². The smallest absolute Gasteiger partial charge is 0.194 e. The normalized spacial score (nSPS) is 26.7.